The zero-order valence-corrected chi connectivity index (χ0v) is 11.3. The van der Waals surface area contributed by atoms with Gasteiger partial charge in [0.2, 0.25) is 0 Å². The molecule has 96 valence electrons. The highest BCUT2D eigenvalue weighted by Gasteiger charge is 2.19. The number of unbranched alkanes of at least 4 members (excludes halogenated alkanes) is 2. The Morgan fingerprint density at radius 3 is 2.62 bits per heavy atom. The Morgan fingerprint density at radius 1 is 1.38 bits per heavy atom. The highest BCUT2D eigenvalue weighted by Crippen LogP contribution is 2.08. The van der Waals surface area contributed by atoms with Crippen LogP contribution >= 0.6 is 11.8 Å². The van der Waals surface area contributed by atoms with Crippen molar-refractivity contribution in [1.29, 1.82) is 0 Å². The average molecular weight is 248 g/mol. The number of hydrogen-bond donors (Lipinski definition) is 3. The number of hydrogen-bond acceptors (Lipinski definition) is 3. The van der Waals surface area contributed by atoms with E-state index in [9.17, 15) is 9.90 Å². The number of carbonyl (C=O) groups excluding carboxylic acids is 1. The molecule has 0 fully saturated rings. The van der Waals surface area contributed by atoms with Gasteiger partial charge < -0.3 is 15.7 Å². The van der Waals surface area contributed by atoms with E-state index in [1.165, 1.54) is 0 Å². The summed E-state index contributed by atoms with van der Waals surface area (Å²) in [6, 6.07) is -0.197. The van der Waals surface area contributed by atoms with Crippen molar-refractivity contribution in [2.75, 3.05) is 25.1 Å². The van der Waals surface area contributed by atoms with Crippen molar-refractivity contribution in [2.45, 2.75) is 38.7 Å². The lowest BCUT2D eigenvalue weighted by Crippen LogP contribution is -2.46. The molecule has 5 heteroatoms. The molecular weight excluding hydrogens is 224 g/mol. The molecular formula is C11H24N2O2S. The summed E-state index contributed by atoms with van der Waals surface area (Å²) in [5, 5.41) is 15.2. The molecule has 0 aliphatic heterocycles. The molecule has 2 amide bonds. The highest BCUT2D eigenvalue weighted by molar-refractivity contribution is 7.98. The fourth-order valence-electron chi connectivity index (χ4n) is 1.27. The molecule has 0 bridgehead atoms. The molecule has 0 aromatic heterocycles. The van der Waals surface area contributed by atoms with Crippen LogP contribution in [0.15, 0.2) is 0 Å². The second-order valence-corrected chi connectivity index (χ2v) is 5.11. The van der Waals surface area contributed by atoms with Crippen molar-refractivity contribution < 1.29 is 9.90 Å². The van der Waals surface area contributed by atoms with Gasteiger partial charge in [0.1, 0.15) is 0 Å². The van der Waals surface area contributed by atoms with Gasteiger partial charge in [-0.1, -0.05) is 19.8 Å². The van der Waals surface area contributed by atoms with E-state index in [1.54, 1.807) is 18.7 Å². The van der Waals surface area contributed by atoms with Gasteiger partial charge in [-0.25, -0.2) is 4.79 Å². The molecule has 0 spiro atoms. The van der Waals surface area contributed by atoms with Gasteiger partial charge in [-0.15, -0.1) is 0 Å². The number of amides is 2. The van der Waals surface area contributed by atoms with Crippen LogP contribution in [0.2, 0.25) is 0 Å². The zero-order chi connectivity index (χ0) is 12.4. The van der Waals surface area contributed by atoms with Crippen molar-refractivity contribution >= 4 is 17.8 Å². The minimum atomic E-state index is -0.833. The molecule has 0 heterocycles. The molecule has 0 aromatic rings. The van der Waals surface area contributed by atoms with Crippen LogP contribution in [0, 0.1) is 0 Å². The summed E-state index contributed by atoms with van der Waals surface area (Å²) >= 11 is 1.56. The number of aliphatic hydroxyl groups is 1. The van der Waals surface area contributed by atoms with Gasteiger partial charge in [0.15, 0.2) is 0 Å². The Bertz CT molecular complexity index is 198. The Hall–Kier alpha value is -0.420. The lowest BCUT2D eigenvalue weighted by molar-refractivity contribution is 0.0869. The van der Waals surface area contributed by atoms with E-state index in [-0.39, 0.29) is 12.6 Å². The number of nitrogens with one attached hydrogen (secondary N) is 2. The summed E-state index contributed by atoms with van der Waals surface area (Å²) in [5.41, 5.74) is -0.833. The van der Waals surface area contributed by atoms with E-state index >= 15 is 0 Å². The summed E-state index contributed by atoms with van der Waals surface area (Å²) in [4.78, 5) is 11.3. The van der Waals surface area contributed by atoms with Crippen LogP contribution in [0.3, 0.4) is 0 Å². The second kappa shape index (κ2) is 8.70. The first-order chi connectivity index (χ1) is 7.52. The molecule has 0 aromatic carbocycles. The predicted molar refractivity (Wildman–Crippen MR) is 69.9 cm³/mol. The van der Waals surface area contributed by atoms with Crippen LogP contribution in [-0.4, -0.2) is 41.8 Å². The minimum absolute atomic E-state index is 0.197. The van der Waals surface area contributed by atoms with Gasteiger partial charge in [-0.3, -0.25) is 0 Å². The second-order valence-electron chi connectivity index (χ2n) is 4.25. The fourth-order valence-corrected chi connectivity index (χ4v) is 2.00. The highest BCUT2D eigenvalue weighted by atomic mass is 32.2. The smallest absolute Gasteiger partial charge is 0.314 e. The first kappa shape index (κ1) is 15.6. The van der Waals surface area contributed by atoms with Crippen molar-refractivity contribution in [1.82, 2.24) is 10.6 Å². The first-order valence-corrected chi connectivity index (χ1v) is 7.14. The number of carbonyl (C=O) groups is 1. The van der Waals surface area contributed by atoms with Crippen molar-refractivity contribution in [3.8, 4) is 0 Å². The monoisotopic (exact) mass is 248 g/mol. The van der Waals surface area contributed by atoms with Gasteiger partial charge >= 0.3 is 6.03 Å². The van der Waals surface area contributed by atoms with Gasteiger partial charge in [-0.2, -0.15) is 11.8 Å². The summed E-state index contributed by atoms with van der Waals surface area (Å²) < 4.78 is 0. The van der Waals surface area contributed by atoms with Crippen LogP contribution < -0.4 is 10.6 Å². The van der Waals surface area contributed by atoms with E-state index in [1.807, 2.05) is 6.26 Å². The lowest BCUT2D eigenvalue weighted by atomic mass is 10.1. The maximum absolute atomic E-state index is 11.3. The van der Waals surface area contributed by atoms with Gasteiger partial charge in [-0.05, 0) is 19.6 Å². The van der Waals surface area contributed by atoms with Gasteiger partial charge in [0.25, 0.3) is 0 Å². The number of urea groups is 1. The van der Waals surface area contributed by atoms with E-state index in [2.05, 4.69) is 17.6 Å². The van der Waals surface area contributed by atoms with E-state index in [0.717, 1.165) is 19.3 Å². The quantitative estimate of drug-likeness (QED) is 0.572. The predicted octanol–water partition coefficient (Wildman–Crippen LogP) is 1.59. The maximum atomic E-state index is 11.3. The number of thioether (sulfide) groups is 1. The van der Waals surface area contributed by atoms with E-state index in [0.29, 0.717) is 12.3 Å². The van der Waals surface area contributed by atoms with Crippen LogP contribution in [-0.2, 0) is 0 Å². The van der Waals surface area contributed by atoms with E-state index in [4.69, 9.17) is 0 Å². The molecule has 0 aliphatic rings. The standard InChI is InChI=1S/C11H24N2O2S/c1-4-5-6-7-12-10(14)13-8-11(2,15)9-16-3/h15H,4-9H2,1-3H3,(H2,12,13,14). The van der Waals surface area contributed by atoms with Crippen LogP contribution in [0.5, 0.6) is 0 Å². The first-order valence-electron chi connectivity index (χ1n) is 5.75. The Morgan fingerprint density at radius 2 is 2.06 bits per heavy atom. The molecule has 4 nitrogen and oxygen atoms in total. The molecule has 16 heavy (non-hydrogen) atoms. The minimum Gasteiger partial charge on any atom is -0.387 e. The Labute approximate surface area is 103 Å². The molecule has 1 atom stereocenters. The molecule has 1 unspecified atom stereocenters. The maximum Gasteiger partial charge on any atom is 0.314 e. The van der Waals surface area contributed by atoms with Crippen LogP contribution in [0.4, 0.5) is 4.79 Å². The Balaban J connectivity index is 3.56. The average Bonchev–Trinajstić information content (AvgIpc) is 2.22. The van der Waals surface area contributed by atoms with Crippen LogP contribution in [0.1, 0.15) is 33.1 Å². The molecule has 0 saturated heterocycles. The fraction of sp³-hybridized carbons (Fsp3) is 0.909. The largest absolute Gasteiger partial charge is 0.387 e. The molecule has 0 saturated carbocycles. The molecule has 3 N–H and O–H groups in total. The summed E-state index contributed by atoms with van der Waals surface area (Å²) in [6.45, 7) is 4.83. The third-order valence-corrected chi connectivity index (χ3v) is 3.06. The van der Waals surface area contributed by atoms with Crippen molar-refractivity contribution in [3.05, 3.63) is 0 Å². The zero-order valence-electron chi connectivity index (χ0n) is 10.5. The van der Waals surface area contributed by atoms with Crippen molar-refractivity contribution in [2.24, 2.45) is 0 Å². The number of rotatable bonds is 8. The summed E-state index contributed by atoms with van der Waals surface area (Å²) in [5.74, 6) is 0.614. The summed E-state index contributed by atoms with van der Waals surface area (Å²) in [7, 11) is 0. The summed E-state index contributed by atoms with van der Waals surface area (Å²) in [6.07, 6.45) is 5.21. The van der Waals surface area contributed by atoms with Gasteiger partial charge in [0.05, 0.1) is 5.60 Å². The third-order valence-electron chi connectivity index (χ3n) is 2.15. The normalized spacial score (nSPS) is 14.2. The topological polar surface area (TPSA) is 61.4 Å². The van der Waals surface area contributed by atoms with Crippen LogP contribution in [0.25, 0.3) is 0 Å². The lowest BCUT2D eigenvalue weighted by Gasteiger charge is -2.22. The van der Waals surface area contributed by atoms with Crippen molar-refractivity contribution in [3.63, 3.8) is 0 Å². The van der Waals surface area contributed by atoms with E-state index < -0.39 is 5.60 Å². The third kappa shape index (κ3) is 8.85. The molecule has 0 aliphatic carbocycles. The molecule has 0 radical (unpaired) electrons. The molecule has 0 rings (SSSR count). The Kier molecular flexibility index (Phi) is 8.47. The SMILES string of the molecule is CCCCCNC(=O)NCC(C)(O)CSC. The van der Waals surface area contributed by atoms with Gasteiger partial charge in [0, 0.05) is 18.8 Å².